The van der Waals surface area contributed by atoms with E-state index in [1.807, 2.05) is 24.3 Å². The van der Waals surface area contributed by atoms with Crippen molar-refractivity contribution in [3.8, 4) is 17.0 Å². The van der Waals surface area contributed by atoms with Crippen LogP contribution in [0.15, 0.2) is 42.6 Å². The second-order valence-electron chi connectivity index (χ2n) is 3.69. The van der Waals surface area contributed by atoms with Crippen molar-refractivity contribution in [2.45, 2.75) is 6.92 Å². The number of carbonyl (C=O) groups excluding carboxylic acids is 1. The molecule has 0 saturated heterocycles. The zero-order valence-electron chi connectivity index (χ0n) is 9.81. The van der Waals surface area contributed by atoms with Crippen LogP contribution in [-0.2, 0) is 0 Å². The molecule has 0 saturated carbocycles. The lowest BCUT2D eigenvalue weighted by Gasteiger charge is -2.09. The highest BCUT2D eigenvalue weighted by Gasteiger charge is 2.09. The lowest BCUT2D eigenvalue weighted by atomic mass is 10.0. The summed E-state index contributed by atoms with van der Waals surface area (Å²) >= 11 is 0. The van der Waals surface area contributed by atoms with Gasteiger partial charge in [0, 0.05) is 17.3 Å². The zero-order valence-corrected chi connectivity index (χ0v) is 9.81. The number of hydrogen-bond acceptors (Lipinski definition) is 3. The molecule has 1 aromatic heterocycles. The largest absolute Gasteiger partial charge is 0.496 e. The van der Waals surface area contributed by atoms with Gasteiger partial charge in [-0.2, -0.15) is 0 Å². The lowest BCUT2D eigenvalue weighted by Crippen LogP contribution is -1.95. The zero-order chi connectivity index (χ0) is 12.3. The summed E-state index contributed by atoms with van der Waals surface area (Å²) in [6.07, 6.45) is 1.73. The highest BCUT2D eigenvalue weighted by molar-refractivity contribution is 5.95. The van der Waals surface area contributed by atoms with Crippen LogP contribution in [0.4, 0.5) is 0 Å². The molecule has 0 aliphatic carbocycles. The van der Waals surface area contributed by atoms with Crippen LogP contribution in [0.2, 0.25) is 0 Å². The van der Waals surface area contributed by atoms with Crippen LogP contribution >= 0.6 is 0 Å². The number of pyridine rings is 1. The number of methoxy groups -OCH3 is 1. The first-order valence-corrected chi connectivity index (χ1v) is 5.33. The van der Waals surface area contributed by atoms with Gasteiger partial charge in [-0.25, -0.2) is 0 Å². The third-order valence-electron chi connectivity index (χ3n) is 2.55. The second-order valence-corrected chi connectivity index (χ2v) is 3.69. The molecular formula is C14H13NO2. The number of rotatable bonds is 3. The third kappa shape index (κ3) is 2.33. The van der Waals surface area contributed by atoms with Gasteiger partial charge in [0.25, 0.3) is 0 Å². The molecule has 0 N–H and O–H groups in total. The predicted molar refractivity (Wildman–Crippen MR) is 66.2 cm³/mol. The van der Waals surface area contributed by atoms with E-state index < -0.39 is 0 Å². The van der Waals surface area contributed by atoms with Gasteiger partial charge >= 0.3 is 0 Å². The van der Waals surface area contributed by atoms with Crippen molar-refractivity contribution in [2.75, 3.05) is 7.11 Å². The van der Waals surface area contributed by atoms with Crippen LogP contribution in [0.25, 0.3) is 11.3 Å². The van der Waals surface area contributed by atoms with Gasteiger partial charge in [0.15, 0.2) is 5.78 Å². The van der Waals surface area contributed by atoms with Crippen LogP contribution in [-0.4, -0.2) is 17.9 Å². The van der Waals surface area contributed by atoms with Crippen LogP contribution in [0.3, 0.4) is 0 Å². The maximum absolute atomic E-state index is 11.3. The number of benzene rings is 1. The second kappa shape index (κ2) is 4.78. The van der Waals surface area contributed by atoms with E-state index in [1.165, 1.54) is 6.92 Å². The van der Waals surface area contributed by atoms with Crippen LogP contribution in [0.1, 0.15) is 17.3 Å². The summed E-state index contributed by atoms with van der Waals surface area (Å²) in [4.78, 5) is 15.6. The fourth-order valence-corrected chi connectivity index (χ4v) is 1.64. The number of hydrogen-bond donors (Lipinski definition) is 0. The molecule has 1 aromatic carbocycles. The van der Waals surface area contributed by atoms with Crippen LogP contribution in [0.5, 0.6) is 5.75 Å². The molecule has 86 valence electrons. The van der Waals surface area contributed by atoms with Gasteiger partial charge < -0.3 is 4.74 Å². The van der Waals surface area contributed by atoms with Gasteiger partial charge in [-0.3, -0.25) is 9.78 Å². The molecule has 2 rings (SSSR count). The summed E-state index contributed by atoms with van der Waals surface area (Å²) in [6, 6.07) is 11.1. The first kappa shape index (κ1) is 11.3. The van der Waals surface area contributed by atoms with Gasteiger partial charge in [0.2, 0.25) is 0 Å². The number of aromatic nitrogens is 1. The molecule has 0 spiro atoms. The summed E-state index contributed by atoms with van der Waals surface area (Å²) in [5, 5.41) is 0. The van der Waals surface area contributed by atoms with E-state index in [9.17, 15) is 4.79 Å². The Morgan fingerprint density at radius 3 is 2.65 bits per heavy atom. The summed E-state index contributed by atoms with van der Waals surface area (Å²) < 4.78 is 5.30. The van der Waals surface area contributed by atoms with Crippen molar-refractivity contribution in [1.29, 1.82) is 0 Å². The molecule has 17 heavy (non-hydrogen) atoms. The fraction of sp³-hybridized carbons (Fsp3) is 0.143. The average Bonchev–Trinajstić information content (AvgIpc) is 2.39. The molecule has 3 heteroatoms. The molecule has 0 unspecified atom stereocenters. The highest BCUT2D eigenvalue weighted by atomic mass is 16.5. The van der Waals surface area contributed by atoms with Gasteiger partial charge in [-0.1, -0.05) is 12.1 Å². The summed E-state index contributed by atoms with van der Waals surface area (Å²) in [5.41, 5.74) is 2.36. The standard InChI is InChI=1S/C14H13NO2/c1-10(16)11-6-7-12(14(9-11)17-2)13-5-3-4-8-15-13/h3-9H,1-2H3. The van der Waals surface area contributed by atoms with E-state index in [2.05, 4.69) is 4.98 Å². The van der Waals surface area contributed by atoms with Gasteiger partial charge in [0.05, 0.1) is 12.8 Å². The van der Waals surface area contributed by atoms with E-state index in [0.29, 0.717) is 11.3 Å². The SMILES string of the molecule is COc1cc(C(C)=O)ccc1-c1ccccn1. The van der Waals surface area contributed by atoms with E-state index in [0.717, 1.165) is 11.3 Å². The van der Waals surface area contributed by atoms with Crippen LogP contribution in [0, 0.1) is 0 Å². The van der Waals surface area contributed by atoms with Gasteiger partial charge in [-0.05, 0) is 31.2 Å². The average molecular weight is 227 g/mol. The van der Waals surface area contributed by atoms with E-state index >= 15 is 0 Å². The number of ether oxygens (including phenoxy) is 1. The van der Waals surface area contributed by atoms with Crippen molar-refractivity contribution in [2.24, 2.45) is 0 Å². The quantitative estimate of drug-likeness (QED) is 0.757. The Balaban J connectivity index is 2.52. The first-order chi connectivity index (χ1) is 8.22. The van der Waals surface area contributed by atoms with E-state index in [4.69, 9.17) is 4.74 Å². The minimum absolute atomic E-state index is 0.0240. The number of nitrogens with zero attached hydrogens (tertiary/aromatic N) is 1. The summed E-state index contributed by atoms with van der Waals surface area (Å²) in [7, 11) is 1.59. The van der Waals surface area contributed by atoms with Gasteiger partial charge in [-0.15, -0.1) is 0 Å². The first-order valence-electron chi connectivity index (χ1n) is 5.33. The fourth-order valence-electron chi connectivity index (χ4n) is 1.64. The molecular weight excluding hydrogens is 214 g/mol. The molecule has 2 aromatic rings. The Labute approximate surface area is 100 Å². The van der Waals surface area contributed by atoms with Crippen molar-refractivity contribution >= 4 is 5.78 Å². The molecule has 0 amide bonds. The third-order valence-corrected chi connectivity index (χ3v) is 2.55. The monoisotopic (exact) mass is 227 g/mol. The predicted octanol–water partition coefficient (Wildman–Crippen LogP) is 2.96. The highest BCUT2D eigenvalue weighted by Crippen LogP contribution is 2.29. The van der Waals surface area contributed by atoms with E-state index in [1.54, 1.807) is 25.4 Å². The minimum atomic E-state index is 0.0240. The lowest BCUT2D eigenvalue weighted by molar-refractivity contribution is 0.101. The Bertz CT molecular complexity index is 535. The minimum Gasteiger partial charge on any atom is -0.496 e. The van der Waals surface area contributed by atoms with Crippen LogP contribution < -0.4 is 4.74 Å². The van der Waals surface area contributed by atoms with E-state index in [-0.39, 0.29) is 5.78 Å². The number of Topliss-reactive ketones (excluding diaryl/α,β-unsaturated/α-hetero) is 1. The molecule has 0 aliphatic heterocycles. The van der Waals surface area contributed by atoms with Crippen molar-refractivity contribution in [3.05, 3.63) is 48.2 Å². The Morgan fingerprint density at radius 2 is 2.06 bits per heavy atom. The maximum atomic E-state index is 11.3. The number of ketones is 1. The summed E-state index contributed by atoms with van der Waals surface area (Å²) in [5.74, 6) is 0.687. The smallest absolute Gasteiger partial charge is 0.159 e. The van der Waals surface area contributed by atoms with Crippen molar-refractivity contribution < 1.29 is 9.53 Å². The normalized spacial score (nSPS) is 10.0. The summed E-state index contributed by atoms with van der Waals surface area (Å²) in [6.45, 7) is 1.54. The Hall–Kier alpha value is -2.16. The molecule has 1 heterocycles. The Morgan fingerprint density at radius 1 is 1.24 bits per heavy atom. The molecule has 0 fully saturated rings. The molecule has 0 aliphatic rings. The Kier molecular flexibility index (Phi) is 3.19. The maximum Gasteiger partial charge on any atom is 0.159 e. The topological polar surface area (TPSA) is 39.2 Å². The number of carbonyl (C=O) groups is 1. The molecule has 0 bridgehead atoms. The molecule has 3 nitrogen and oxygen atoms in total. The molecule has 0 atom stereocenters. The molecule has 0 radical (unpaired) electrons. The van der Waals surface area contributed by atoms with Crippen molar-refractivity contribution in [3.63, 3.8) is 0 Å². The van der Waals surface area contributed by atoms with Crippen molar-refractivity contribution in [1.82, 2.24) is 4.98 Å². The van der Waals surface area contributed by atoms with Gasteiger partial charge in [0.1, 0.15) is 5.75 Å².